The second-order valence-electron chi connectivity index (χ2n) is 3.81. The first-order valence-electron chi connectivity index (χ1n) is 5.23. The van der Waals surface area contributed by atoms with Gasteiger partial charge >= 0.3 is 0 Å². The second-order valence-corrected chi connectivity index (χ2v) is 5.25. The van der Waals surface area contributed by atoms with E-state index in [9.17, 15) is 10.1 Å². The molecular weight excluding hydrogens is 272 g/mol. The molecule has 0 aliphatic carbocycles. The van der Waals surface area contributed by atoms with Crippen molar-refractivity contribution in [1.29, 1.82) is 0 Å². The van der Waals surface area contributed by atoms with E-state index in [-0.39, 0.29) is 21.4 Å². The molecule has 0 bridgehead atoms. The fourth-order valence-electron chi connectivity index (χ4n) is 1.73. The van der Waals surface area contributed by atoms with Crippen molar-refractivity contribution < 1.29 is 4.92 Å². The topological polar surface area (TPSA) is 56.0 Å². The summed E-state index contributed by atoms with van der Waals surface area (Å²) in [7, 11) is 0. The van der Waals surface area contributed by atoms with Gasteiger partial charge in [-0.25, -0.2) is 0 Å². The van der Waals surface area contributed by atoms with Crippen LogP contribution in [0.4, 0.5) is 5.69 Å². The van der Waals surface area contributed by atoms with Gasteiger partial charge in [0.25, 0.3) is 5.69 Å². The zero-order valence-electron chi connectivity index (χ0n) is 9.61. The van der Waals surface area contributed by atoms with Crippen LogP contribution in [-0.2, 0) is 0 Å². The molecule has 5 heteroatoms. The molecule has 0 amide bonds. The number of rotatable bonds is 4. The molecule has 88 valence electrons. The van der Waals surface area contributed by atoms with Crippen LogP contribution < -0.4 is 0 Å². The lowest BCUT2D eigenvalue weighted by Crippen LogP contribution is -2.12. The maximum atomic E-state index is 10.9. The smallest absolute Gasteiger partial charge is 0.258 e. The zero-order chi connectivity index (χ0) is 12.3. The van der Waals surface area contributed by atoms with E-state index in [0.29, 0.717) is 5.69 Å². The number of aromatic nitrogens is 1. The van der Waals surface area contributed by atoms with Crippen LogP contribution in [0, 0.1) is 17.0 Å². The van der Waals surface area contributed by atoms with Crippen LogP contribution in [-0.4, -0.2) is 14.7 Å². The van der Waals surface area contributed by atoms with Crippen molar-refractivity contribution in [2.45, 2.75) is 37.9 Å². The summed E-state index contributed by atoms with van der Waals surface area (Å²) in [6, 6.07) is 3.21. The lowest BCUT2D eigenvalue weighted by molar-refractivity contribution is -0.386. The number of aryl methyl sites for hydroxylation is 1. The Morgan fingerprint density at radius 3 is 2.62 bits per heavy atom. The summed E-state index contributed by atoms with van der Waals surface area (Å²) in [5, 5.41) is 10.9. The van der Waals surface area contributed by atoms with Gasteiger partial charge in [-0.2, -0.15) is 0 Å². The average Bonchev–Trinajstić information content (AvgIpc) is 2.17. The van der Waals surface area contributed by atoms with Crippen molar-refractivity contribution in [3.05, 3.63) is 33.6 Å². The second kappa shape index (κ2) is 5.39. The molecule has 0 radical (unpaired) electrons. The third-order valence-corrected chi connectivity index (χ3v) is 3.22. The standard InChI is InChI=1S/C11H15BrN2O2/c1-4-9(8(3)12)11-10(14(15)16)6-5-7(2)13-11/h5-6,8-9H,4H2,1-3H3. The molecule has 1 heterocycles. The van der Waals surface area contributed by atoms with E-state index in [1.165, 1.54) is 6.07 Å². The van der Waals surface area contributed by atoms with Gasteiger partial charge in [-0.3, -0.25) is 15.1 Å². The summed E-state index contributed by atoms with van der Waals surface area (Å²) < 4.78 is 0. The number of hydrogen-bond acceptors (Lipinski definition) is 3. The third kappa shape index (κ3) is 2.78. The van der Waals surface area contributed by atoms with E-state index in [0.717, 1.165) is 12.1 Å². The van der Waals surface area contributed by atoms with Crippen LogP contribution in [0.3, 0.4) is 0 Å². The van der Waals surface area contributed by atoms with E-state index in [2.05, 4.69) is 20.9 Å². The van der Waals surface area contributed by atoms with Crippen molar-refractivity contribution >= 4 is 21.6 Å². The quantitative estimate of drug-likeness (QED) is 0.483. The molecular formula is C11H15BrN2O2. The Labute approximate surface area is 103 Å². The molecule has 0 aliphatic rings. The van der Waals surface area contributed by atoms with E-state index in [1.807, 2.05) is 20.8 Å². The van der Waals surface area contributed by atoms with Gasteiger partial charge in [-0.05, 0) is 19.4 Å². The number of halogens is 1. The Kier molecular flexibility index (Phi) is 4.41. The fourth-order valence-corrected chi connectivity index (χ4v) is 2.36. The Morgan fingerprint density at radius 2 is 2.19 bits per heavy atom. The number of pyridine rings is 1. The van der Waals surface area contributed by atoms with Gasteiger partial charge in [-0.1, -0.05) is 29.8 Å². The lowest BCUT2D eigenvalue weighted by Gasteiger charge is -2.17. The van der Waals surface area contributed by atoms with Crippen molar-refractivity contribution in [2.75, 3.05) is 0 Å². The largest absolute Gasteiger partial charge is 0.291 e. The third-order valence-electron chi connectivity index (χ3n) is 2.58. The minimum Gasteiger partial charge on any atom is -0.258 e. The minimum absolute atomic E-state index is 0.0697. The van der Waals surface area contributed by atoms with Gasteiger partial charge in [0.05, 0.1) is 4.92 Å². The van der Waals surface area contributed by atoms with Crippen molar-refractivity contribution in [3.63, 3.8) is 0 Å². The highest BCUT2D eigenvalue weighted by atomic mass is 79.9. The predicted octanol–water partition coefficient (Wildman–Crippen LogP) is 3.58. The predicted molar refractivity (Wildman–Crippen MR) is 67.0 cm³/mol. The van der Waals surface area contributed by atoms with Gasteiger partial charge in [-0.15, -0.1) is 0 Å². The molecule has 4 nitrogen and oxygen atoms in total. The first-order chi connectivity index (χ1) is 7.47. The molecule has 1 rings (SSSR count). The Bertz CT molecular complexity index is 394. The van der Waals surface area contributed by atoms with Gasteiger partial charge in [0.15, 0.2) is 0 Å². The maximum Gasteiger partial charge on any atom is 0.291 e. The molecule has 0 saturated carbocycles. The molecule has 0 spiro atoms. The number of nitrogens with zero attached hydrogens (tertiary/aromatic N) is 2. The summed E-state index contributed by atoms with van der Waals surface area (Å²) in [6.45, 7) is 5.84. The molecule has 1 aromatic heterocycles. The number of hydrogen-bond donors (Lipinski definition) is 0. The Hall–Kier alpha value is -0.970. The number of alkyl halides is 1. The van der Waals surface area contributed by atoms with Crippen LogP contribution in [0.15, 0.2) is 12.1 Å². The Balaban J connectivity index is 3.27. The Morgan fingerprint density at radius 1 is 1.56 bits per heavy atom. The molecule has 1 aromatic rings. The number of nitro groups is 1. The van der Waals surface area contributed by atoms with Gasteiger partial charge in [0.1, 0.15) is 5.69 Å². The van der Waals surface area contributed by atoms with Crippen molar-refractivity contribution in [2.24, 2.45) is 0 Å². The fraction of sp³-hybridized carbons (Fsp3) is 0.545. The first-order valence-corrected chi connectivity index (χ1v) is 6.15. The van der Waals surface area contributed by atoms with E-state index < -0.39 is 0 Å². The molecule has 0 aliphatic heterocycles. The molecule has 0 N–H and O–H groups in total. The normalized spacial score (nSPS) is 14.5. The van der Waals surface area contributed by atoms with Gasteiger partial charge in [0, 0.05) is 22.5 Å². The highest BCUT2D eigenvalue weighted by Gasteiger charge is 2.25. The van der Waals surface area contributed by atoms with Crippen molar-refractivity contribution in [1.82, 2.24) is 4.98 Å². The van der Waals surface area contributed by atoms with Crippen LogP contribution >= 0.6 is 15.9 Å². The molecule has 0 saturated heterocycles. The summed E-state index contributed by atoms with van der Waals surface area (Å²) >= 11 is 3.48. The monoisotopic (exact) mass is 286 g/mol. The summed E-state index contributed by atoms with van der Waals surface area (Å²) in [4.78, 5) is 15.1. The minimum atomic E-state index is -0.361. The molecule has 16 heavy (non-hydrogen) atoms. The summed E-state index contributed by atoms with van der Waals surface area (Å²) in [5.74, 6) is 0.0697. The lowest BCUT2D eigenvalue weighted by atomic mass is 9.97. The van der Waals surface area contributed by atoms with E-state index >= 15 is 0 Å². The summed E-state index contributed by atoms with van der Waals surface area (Å²) in [5.41, 5.74) is 1.51. The van der Waals surface area contributed by atoms with E-state index in [1.54, 1.807) is 6.07 Å². The first kappa shape index (κ1) is 13.1. The van der Waals surface area contributed by atoms with Crippen LogP contribution in [0.1, 0.15) is 37.6 Å². The van der Waals surface area contributed by atoms with Crippen molar-refractivity contribution in [3.8, 4) is 0 Å². The zero-order valence-corrected chi connectivity index (χ0v) is 11.2. The van der Waals surface area contributed by atoms with E-state index in [4.69, 9.17) is 0 Å². The van der Waals surface area contributed by atoms with Crippen LogP contribution in [0.25, 0.3) is 0 Å². The van der Waals surface area contributed by atoms with Crippen LogP contribution in [0.2, 0.25) is 0 Å². The molecule has 2 unspecified atom stereocenters. The highest BCUT2D eigenvalue weighted by Crippen LogP contribution is 2.32. The SMILES string of the molecule is CCC(c1nc(C)ccc1[N+](=O)[O-])C(C)Br. The summed E-state index contributed by atoms with van der Waals surface area (Å²) in [6.07, 6.45) is 0.823. The molecule has 0 fully saturated rings. The molecule has 0 aromatic carbocycles. The highest BCUT2D eigenvalue weighted by molar-refractivity contribution is 9.09. The average molecular weight is 287 g/mol. The van der Waals surface area contributed by atoms with Gasteiger partial charge < -0.3 is 0 Å². The van der Waals surface area contributed by atoms with Crippen LogP contribution in [0.5, 0.6) is 0 Å². The molecule has 2 atom stereocenters. The maximum absolute atomic E-state index is 10.9. The van der Waals surface area contributed by atoms with Gasteiger partial charge in [0.2, 0.25) is 0 Å².